The van der Waals surface area contributed by atoms with E-state index < -0.39 is 9.05 Å². The van der Waals surface area contributed by atoms with Crippen molar-refractivity contribution in [3.63, 3.8) is 0 Å². The summed E-state index contributed by atoms with van der Waals surface area (Å²) < 4.78 is 22.2. The van der Waals surface area contributed by atoms with Crippen LogP contribution in [0.3, 0.4) is 0 Å². The van der Waals surface area contributed by atoms with Gasteiger partial charge in [-0.05, 0) is 24.1 Å². The Balaban J connectivity index is 2.30. The summed E-state index contributed by atoms with van der Waals surface area (Å²) in [7, 11) is 1.55. The van der Waals surface area contributed by atoms with Gasteiger partial charge in [-0.15, -0.1) is 0 Å². The number of hydrogen-bond donors (Lipinski definition) is 1. The predicted molar refractivity (Wildman–Crippen MR) is 84.7 cm³/mol. The number of hydrogen-bond acceptors (Lipinski definition) is 3. The van der Waals surface area contributed by atoms with E-state index in [4.69, 9.17) is 10.7 Å². The van der Waals surface area contributed by atoms with Crippen LogP contribution in [0.2, 0.25) is 0 Å². The van der Waals surface area contributed by atoms with E-state index in [0.29, 0.717) is 13.0 Å². The molecule has 1 N–H and O–H groups in total. The van der Waals surface area contributed by atoms with Crippen molar-refractivity contribution in [3.05, 3.63) is 29.8 Å². The zero-order valence-electron chi connectivity index (χ0n) is 12.3. The second kappa shape index (κ2) is 9.05. The molecular formula is C15H22ClNO3S. The molecule has 0 heterocycles. The third-order valence-corrected chi connectivity index (χ3v) is 4.57. The number of benzene rings is 1. The molecule has 0 atom stereocenters. The molecule has 4 nitrogen and oxygen atoms in total. The Hall–Kier alpha value is -1.07. The summed E-state index contributed by atoms with van der Waals surface area (Å²) in [5, 5.41) is 2.83. The number of amides is 1. The van der Waals surface area contributed by atoms with Crippen LogP contribution in [-0.4, -0.2) is 14.3 Å². The topological polar surface area (TPSA) is 63.2 Å². The first-order chi connectivity index (χ1) is 9.93. The lowest BCUT2D eigenvalue weighted by molar-refractivity contribution is -0.121. The fraction of sp³-hybridized carbons (Fsp3) is 0.533. The van der Waals surface area contributed by atoms with E-state index in [9.17, 15) is 13.2 Å². The first-order valence-electron chi connectivity index (χ1n) is 7.24. The standard InChI is InChI=1S/C15H22ClNO3S/c1-2-3-4-5-6-7-15(18)17-12-13-8-10-14(11-9-13)21(16,19)20/h8-11H,2-7,12H2,1H3,(H,17,18). The van der Waals surface area contributed by atoms with Crippen molar-refractivity contribution in [2.75, 3.05) is 0 Å². The van der Waals surface area contributed by atoms with E-state index in [1.807, 2.05) is 0 Å². The zero-order valence-corrected chi connectivity index (χ0v) is 13.8. The van der Waals surface area contributed by atoms with E-state index in [1.54, 1.807) is 12.1 Å². The van der Waals surface area contributed by atoms with Crippen molar-refractivity contribution in [3.8, 4) is 0 Å². The number of rotatable bonds is 9. The highest BCUT2D eigenvalue weighted by molar-refractivity contribution is 8.13. The largest absolute Gasteiger partial charge is 0.352 e. The summed E-state index contributed by atoms with van der Waals surface area (Å²) in [6, 6.07) is 6.18. The van der Waals surface area contributed by atoms with E-state index in [-0.39, 0.29) is 10.8 Å². The van der Waals surface area contributed by atoms with Crippen LogP contribution < -0.4 is 5.32 Å². The number of carbonyl (C=O) groups excluding carboxylic acids is 1. The molecule has 0 aliphatic heterocycles. The minimum Gasteiger partial charge on any atom is -0.352 e. The molecular weight excluding hydrogens is 310 g/mol. The fourth-order valence-electron chi connectivity index (χ4n) is 1.95. The number of halogens is 1. The number of nitrogens with one attached hydrogen (secondary N) is 1. The van der Waals surface area contributed by atoms with Crippen molar-refractivity contribution in [2.45, 2.75) is 56.9 Å². The maximum absolute atomic E-state index is 11.6. The summed E-state index contributed by atoms with van der Waals surface area (Å²) in [4.78, 5) is 11.7. The summed E-state index contributed by atoms with van der Waals surface area (Å²) in [5.41, 5.74) is 0.846. The van der Waals surface area contributed by atoms with Gasteiger partial charge in [0.25, 0.3) is 9.05 Å². The lowest BCUT2D eigenvalue weighted by Crippen LogP contribution is -2.22. The molecule has 1 aromatic carbocycles. The van der Waals surface area contributed by atoms with E-state index >= 15 is 0 Å². The highest BCUT2D eigenvalue weighted by atomic mass is 35.7. The van der Waals surface area contributed by atoms with Gasteiger partial charge in [0.1, 0.15) is 0 Å². The van der Waals surface area contributed by atoms with Gasteiger partial charge in [-0.1, -0.05) is 44.7 Å². The molecule has 0 radical (unpaired) electrons. The van der Waals surface area contributed by atoms with Crippen molar-refractivity contribution >= 4 is 25.6 Å². The minimum absolute atomic E-state index is 0.0283. The lowest BCUT2D eigenvalue weighted by Gasteiger charge is -2.06. The molecule has 0 saturated carbocycles. The summed E-state index contributed by atoms with van der Waals surface area (Å²) >= 11 is 0. The van der Waals surface area contributed by atoms with Crippen LogP contribution >= 0.6 is 10.7 Å². The van der Waals surface area contributed by atoms with Gasteiger partial charge in [-0.25, -0.2) is 8.42 Å². The summed E-state index contributed by atoms with van der Waals surface area (Å²) in [6.45, 7) is 2.56. The molecule has 0 aromatic heterocycles. The van der Waals surface area contributed by atoms with Crippen LogP contribution in [0.25, 0.3) is 0 Å². The SMILES string of the molecule is CCCCCCCC(=O)NCc1ccc(S(=O)(=O)Cl)cc1. The Bertz CT molecular complexity index is 541. The maximum atomic E-state index is 11.6. The Morgan fingerprint density at radius 2 is 1.71 bits per heavy atom. The van der Waals surface area contributed by atoms with Crippen molar-refractivity contribution in [1.82, 2.24) is 5.32 Å². The molecule has 0 fully saturated rings. The second-order valence-corrected chi connectivity index (χ2v) is 7.59. The zero-order chi connectivity index (χ0) is 15.7. The Morgan fingerprint density at radius 3 is 2.29 bits per heavy atom. The number of unbranched alkanes of at least 4 members (excludes halogenated alkanes) is 4. The van der Waals surface area contributed by atoms with Crippen LogP contribution in [0, 0.1) is 0 Å². The number of carbonyl (C=O) groups is 1. The van der Waals surface area contributed by atoms with E-state index in [1.165, 1.54) is 31.4 Å². The molecule has 21 heavy (non-hydrogen) atoms. The van der Waals surface area contributed by atoms with Crippen LogP contribution in [-0.2, 0) is 20.4 Å². The van der Waals surface area contributed by atoms with Gasteiger partial charge in [0.05, 0.1) is 4.90 Å². The van der Waals surface area contributed by atoms with Gasteiger partial charge >= 0.3 is 0 Å². The van der Waals surface area contributed by atoms with Crippen LogP contribution in [0.4, 0.5) is 0 Å². The molecule has 0 aliphatic rings. The third kappa shape index (κ3) is 7.48. The van der Waals surface area contributed by atoms with Gasteiger partial charge in [-0.2, -0.15) is 0 Å². The van der Waals surface area contributed by atoms with E-state index in [0.717, 1.165) is 18.4 Å². The van der Waals surface area contributed by atoms with E-state index in [2.05, 4.69) is 12.2 Å². The first-order valence-corrected chi connectivity index (χ1v) is 9.54. The summed E-state index contributed by atoms with van der Waals surface area (Å²) in [5.74, 6) is 0.0283. The highest BCUT2D eigenvalue weighted by Gasteiger charge is 2.09. The van der Waals surface area contributed by atoms with Crippen molar-refractivity contribution in [2.24, 2.45) is 0 Å². The lowest BCUT2D eigenvalue weighted by atomic mass is 10.1. The molecule has 118 valence electrons. The van der Waals surface area contributed by atoms with Gasteiger partial charge < -0.3 is 5.32 Å². The van der Waals surface area contributed by atoms with Crippen LogP contribution in [0.5, 0.6) is 0 Å². The average Bonchev–Trinajstić information content (AvgIpc) is 2.44. The first kappa shape index (κ1) is 18.0. The molecule has 0 unspecified atom stereocenters. The Morgan fingerprint density at radius 1 is 1.10 bits per heavy atom. The minimum atomic E-state index is -3.69. The fourth-order valence-corrected chi connectivity index (χ4v) is 2.72. The van der Waals surface area contributed by atoms with Crippen molar-refractivity contribution in [1.29, 1.82) is 0 Å². The molecule has 1 aromatic rings. The van der Waals surface area contributed by atoms with Crippen LogP contribution in [0.15, 0.2) is 29.2 Å². The molecule has 0 bridgehead atoms. The molecule has 1 rings (SSSR count). The quantitative estimate of drug-likeness (QED) is 0.555. The Labute approximate surface area is 131 Å². The average molecular weight is 332 g/mol. The van der Waals surface area contributed by atoms with Crippen LogP contribution in [0.1, 0.15) is 51.0 Å². The van der Waals surface area contributed by atoms with Crippen molar-refractivity contribution < 1.29 is 13.2 Å². The van der Waals surface area contributed by atoms with Gasteiger partial charge in [0, 0.05) is 23.6 Å². The molecule has 1 amide bonds. The smallest absolute Gasteiger partial charge is 0.261 e. The molecule has 6 heteroatoms. The molecule has 0 aliphatic carbocycles. The normalized spacial score (nSPS) is 11.3. The van der Waals surface area contributed by atoms with Gasteiger partial charge in [0.15, 0.2) is 0 Å². The predicted octanol–water partition coefficient (Wildman–Crippen LogP) is 3.59. The van der Waals surface area contributed by atoms with Gasteiger partial charge in [0.2, 0.25) is 5.91 Å². The third-order valence-electron chi connectivity index (χ3n) is 3.20. The second-order valence-electron chi connectivity index (χ2n) is 5.02. The Kier molecular flexibility index (Phi) is 7.75. The maximum Gasteiger partial charge on any atom is 0.261 e. The highest BCUT2D eigenvalue weighted by Crippen LogP contribution is 2.15. The summed E-state index contributed by atoms with van der Waals surface area (Å²) in [6.07, 6.45) is 6.13. The molecule has 0 spiro atoms. The van der Waals surface area contributed by atoms with Gasteiger partial charge in [-0.3, -0.25) is 4.79 Å². The monoisotopic (exact) mass is 331 g/mol. The molecule has 0 saturated heterocycles.